The molecule has 1 amide bonds. The van der Waals surface area contributed by atoms with Crippen LogP contribution in [0.15, 0.2) is 43.1 Å². The number of carbonyl (C=O) groups is 1. The lowest BCUT2D eigenvalue weighted by Crippen LogP contribution is -2.38. The molecule has 0 saturated carbocycles. The van der Waals surface area contributed by atoms with E-state index in [2.05, 4.69) is 30.4 Å². The molecule has 30 heavy (non-hydrogen) atoms. The lowest BCUT2D eigenvalue weighted by Gasteiger charge is -2.31. The van der Waals surface area contributed by atoms with Gasteiger partial charge in [-0.3, -0.25) is 14.5 Å². The first-order valence-corrected chi connectivity index (χ1v) is 9.91. The third kappa shape index (κ3) is 4.86. The van der Waals surface area contributed by atoms with Crippen molar-refractivity contribution in [2.75, 3.05) is 18.4 Å². The molecule has 1 N–H and O–H groups in total. The zero-order valence-corrected chi connectivity index (χ0v) is 17.1. The number of hydrogen-bond acceptors (Lipinski definition) is 7. The summed E-state index contributed by atoms with van der Waals surface area (Å²) < 4.78 is 1.71. The van der Waals surface area contributed by atoms with Crippen molar-refractivity contribution >= 4 is 23.6 Å². The molecule has 1 aliphatic rings. The maximum atomic E-state index is 12.7. The quantitative estimate of drug-likeness (QED) is 0.652. The number of aromatic nitrogens is 6. The van der Waals surface area contributed by atoms with Crippen LogP contribution < -0.4 is 5.32 Å². The van der Waals surface area contributed by atoms with Crippen LogP contribution >= 0.6 is 0 Å². The summed E-state index contributed by atoms with van der Waals surface area (Å²) in [5.74, 6) is 2.14. The number of anilines is 2. The first-order chi connectivity index (χ1) is 14.6. The molecule has 0 spiro atoms. The number of likely N-dealkylation sites (tertiary alicyclic amines) is 1. The van der Waals surface area contributed by atoms with Crippen molar-refractivity contribution in [1.82, 2.24) is 34.6 Å². The fourth-order valence-electron chi connectivity index (χ4n) is 3.52. The second-order valence-electron chi connectivity index (χ2n) is 7.37. The van der Waals surface area contributed by atoms with Gasteiger partial charge in [-0.05, 0) is 25.8 Å². The number of amides is 1. The predicted octanol–water partition coefficient (Wildman–Crippen LogP) is 2.47. The zero-order chi connectivity index (χ0) is 20.9. The van der Waals surface area contributed by atoms with Gasteiger partial charge in [-0.1, -0.05) is 0 Å². The summed E-state index contributed by atoms with van der Waals surface area (Å²) in [5.41, 5.74) is 1.77. The van der Waals surface area contributed by atoms with E-state index < -0.39 is 0 Å². The van der Waals surface area contributed by atoms with Crippen LogP contribution in [-0.2, 0) is 11.8 Å². The first-order valence-electron chi connectivity index (χ1n) is 9.91. The number of piperidine rings is 1. The average molecular weight is 404 g/mol. The van der Waals surface area contributed by atoms with Gasteiger partial charge < -0.3 is 10.2 Å². The minimum absolute atomic E-state index is 0.00545. The van der Waals surface area contributed by atoms with Crippen LogP contribution in [-0.4, -0.2) is 53.6 Å². The Morgan fingerprint density at radius 2 is 2.13 bits per heavy atom. The molecule has 0 radical (unpaired) electrons. The summed E-state index contributed by atoms with van der Waals surface area (Å²) >= 11 is 0. The monoisotopic (exact) mass is 404 g/mol. The fraction of sp³-hybridized carbons (Fsp3) is 0.333. The van der Waals surface area contributed by atoms with E-state index in [1.54, 1.807) is 41.6 Å². The summed E-state index contributed by atoms with van der Waals surface area (Å²) in [5, 5.41) is 7.29. The molecule has 0 unspecified atom stereocenters. The summed E-state index contributed by atoms with van der Waals surface area (Å²) in [6.07, 6.45) is 13.8. The van der Waals surface area contributed by atoms with E-state index >= 15 is 0 Å². The van der Waals surface area contributed by atoms with Gasteiger partial charge in [0.1, 0.15) is 17.5 Å². The predicted molar refractivity (Wildman–Crippen MR) is 113 cm³/mol. The largest absolute Gasteiger partial charge is 0.338 e. The SMILES string of the molecule is Cc1cc(Nc2cnccn2)nc([C@H]2CCCN(C(=O)/C=C/c3cnn(C)c3)C2)n1. The molecule has 154 valence electrons. The highest BCUT2D eigenvalue weighted by Gasteiger charge is 2.26. The van der Waals surface area contributed by atoms with Crippen molar-refractivity contribution < 1.29 is 4.79 Å². The van der Waals surface area contributed by atoms with Crippen LogP contribution in [0.4, 0.5) is 11.6 Å². The Kier molecular flexibility index (Phi) is 5.78. The molecule has 3 aromatic rings. The second kappa shape index (κ2) is 8.81. The van der Waals surface area contributed by atoms with Gasteiger partial charge in [-0.15, -0.1) is 0 Å². The van der Waals surface area contributed by atoms with E-state index in [0.717, 1.165) is 36.5 Å². The fourth-order valence-corrected chi connectivity index (χ4v) is 3.52. The Morgan fingerprint density at radius 1 is 1.23 bits per heavy atom. The summed E-state index contributed by atoms with van der Waals surface area (Å²) in [4.78, 5) is 32.1. The molecule has 1 aliphatic heterocycles. The Bertz CT molecular complexity index is 1050. The lowest BCUT2D eigenvalue weighted by atomic mass is 9.97. The van der Waals surface area contributed by atoms with Gasteiger partial charge in [-0.2, -0.15) is 5.10 Å². The zero-order valence-electron chi connectivity index (χ0n) is 17.1. The van der Waals surface area contributed by atoms with E-state index in [0.29, 0.717) is 18.2 Å². The first kappa shape index (κ1) is 19.7. The maximum absolute atomic E-state index is 12.7. The van der Waals surface area contributed by atoms with Gasteiger partial charge >= 0.3 is 0 Å². The van der Waals surface area contributed by atoms with E-state index in [-0.39, 0.29) is 11.8 Å². The minimum Gasteiger partial charge on any atom is -0.338 e. The third-order valence-electron chi connectivity index (χ3n) is 4.93. The number of carbonyl (C=O) groups excluding carboxylic acids is 1. The van der Waals surface area contributed by atoms with Crippen LogP contribution in [0.25, 0.3) is 6.08 Å². The standard InChI is InChI=1S/C21H24N8O/c1-15-10-18(26-19-12-22-7-8-23-19)27-21(25-15)17-4-3-9-29(14-17)20(30)6-5-16-11-24-28(2)13-16/h5-8,10-13,17H,3-4,9,14H2,1-2H3,(H,23,25,26,27)/b6-5+/t17-/m0/s1. The highest BCUT2D eigenvalue weighted by atomic mass is 16.2. The van der Waals surface area contributed by atoms with Crippen LogP contribution in [0, 0.1) is 6.92 Å². The highest BCUT2D eigenvalue weighted by Crippen LogP contribution is 2.26. The van der Waals surface area contributed by atoms with Gasteiger partial charge in [0, 0.05) is 68.0 Å². The number of nitrogens with one attached hydrogen (secondary N) is 1. The van der Waals surface area contributed by atoms with Gasteiger partial charge in [0.05, 0.1) is 12.4 Å². The van der Waals surface area contributed by atoms with Crippen molar-refractivity contribution in [2.45, 2.75) is 25.7 Å². The molecular formula is C21H24N8O. The molecule has 0 bridgehead atoms. The van der Waals surface area contributed by atoms with Crippen LogP contribution in [0.3, 0.4) is 0 Å². The molecule has 0 aliphatic carbocycles. The third-order valence-corrected chi connectivity index (χ3v) is 4.93. The highest BCUT2D eigenvalue weighted by molar-refractivity contribution is 5.91. The van der Waals surface area contributed by atoms with Gasteiger partial charge in [0.2, 0.25) is 5.91 Å². The molecule has 0 aromatic carbocycles. The van der Waals surface area contributed by atoms with Crippen molar-refractivity contribution in [3.8, 4) is 0 Å². The van der Waals surface area contributed by atoms with E-state index in [9.17, 15) is 4.79 Å². The normalized spacial score (nSPS) is 16.7. The molecule has 1 atom stereocenters. The number of hydrogen-bond donors (Lipinski definition) is 1. The van der Waals surface area contributed by atoms with Crippen molar-refractivity contribution in [1.29, 1.82) is 0 Å². The Hall–Kier alpha value is -3.62. The Labute approximate surface area is 174 Å². The molecule has 3 aromatic heterocycles. The molecular weight excluding hydrogens is 380 g/mol. The summed E-state index contributed by atoms with van der Waals surface area (Å²) in [6, 6.07) is 1.88. The molecule has 1 saturated heterocycles. The van der Waals surface area contributed by atoms with Crippen LogP contribution in [0.5, 0.6) is 0 Å². The summed E-state index contributed by atoms with van der Waals surface area (Å²) in [7, 11) is 1.85. The maximum Gasteiger partial charge on any atom is 0.246 e. The Balaban J connectivity index is 1.46. The van der Waals surface area contributed by atoms with Crippen LogP contribution in [0.2, 0.25) is 0 Å². The van der Waals surface area contributed by atoms with Gasteiger partial charge in [0.25, 0.3) is 0 Å². The van der Waals surface area contributed by atoms with E-state index in [4.69, 9.17) is 0 Å². The molecule has 9 heteroatoms. The molecule has 9 nitrogen and oxygen atoms in total. The van der Waals surface area contributed by atoms with E-state index in [1.165, 1.54) is 0 Å². The number of nitrogens with zero attached hydrogens (tertiary/aromatic N) is 7. The van der Waals surface area contributed by atoms with Gasteiger partial charge in [0.15, 0.2) is 0 Å². The van der Waals surface area contributed by atoms with E-state index in [1.807, 2.05) is 31.1 Å². The Morgan fingerprint density at radius 3 is 2.90 bits per heavy atom. The lowest BCUT2D eigenvalue weighted by molar-refractivity contribution is -0.127. The van der Waals surface area contributed by atoms with Crippen molar-refractivity contribution in [3.05, 3.63) is 60.2 Å². The topological polar surface area (TPSA) is 102 Å². The van der Waals surface area contributed by atoms with Crippen molar-refractivity contribution in [3.63, 3.8) is 0 Å². The van der Waals surface area contributed by atoms with Crippen molar-refractivity contribution in [2.24, 2.45) is 7.05 Å². The molecule has 4 heterocycles. The minimum atomic E-state index is -0.00545. The molecule has 4 rings (SSSR count). The number of rotatable bonds is 5. The summed E-state index contributed by atoms with van der Waals surface area (Å²) in [6.45, 7) is 3.28. The molecule has 1 fully saturated rings. The average Bonchev–Trinajstić information content (AvgIpc) is 3.17. The van der Waals surface area contributed by atoms with Crippen LogP contribution in [0.1, 0.15) is 35.8 Å². The second-order valence-corrected chi connectivity index (χ2v) is 7.37. The smallest absolute Gasteiger partial charge is 0.246 e. The number of aryl methyl sites for hydroxylation is 2. The van der Waals surface area contributed by atoms with Gasteiger partial charge in [-0.25, -0.2) is 15.0 Å².